The van der Waals surface area contributed by atoms with Crippen molar-refractivity contribution in [3.63, 3.8) is 0 Å². The number of esters is 2. The minimum atomic E-state index is -2.09. The normalized spacial score (nSPS) is 13.0. The maximum Gasteiger partial charge on any atom is 0.343 e. The van der Waals surface area contributed by atoms with Gasteiger partial charge in [0.15, 0.2) is 12.2 Å². The summed E-state index contributed by atoms with van der Waals surface area (Å²) in [6, 6.07) is 12.9. The number of carbonyl (C=O) groups excluding carboxylic acids is 2. The second-order valence-corrected chi connectivity index (χ2v) is 6.30. The topological polar surface area (TPSA) is 93.1 Å². The average molecular weight is 460 g/mol. The molecule has 0 amide bonds. The summed E-state index contributed by atoms with van der Waals surface area (Å²) in [5.74, 6) is -2.07. The molecule has 0 saturated carbocycles. The monoisotopic (exact) mass is 458 g/mol. The van der Waals surface area contributed by atoms with Gasteiger partial charge in [-0.05, 0) is 56.1 Å². The summed E-state index contributed by atoms with van der Waals surface area (Å²) >= 11 is 6.35. The van der Waals surface area contributed by atoms with Gasteiger partial charge >= 0.3 is 11.9 Å². The molecule has 0 aliphatic rings. The van der Waals surface area contributed by atoms with Crippen LogP contribution >= 0.6 is 31.9 Å². The number of ether oxygens (including phenoxy) is 2. The lowest BCUT2D eigenvalue weighted by molar-refractivity contribution is -0.162. The minimum Gasteiger partial charge on any atom is -0.423 e. The molecule has 8 heteroatoms. The Morgan fingerprint density at radius 3 is 1.42 bits per heavy atom. The van der Waals surface area contributed by atoms with Crippen LogP contribution in [-0.2, 0) is 9.59 Å². The molecule has 2 atom stereocenters. The average Bonchev–Trinajstić information content (AvgIpc) is 2.57. The Morgan fingerprint density at radius 1 is 0.750 bits per heavy atom. The van der Waals surface area contributed by atoms with E-state index in [-0.39, 0.29) is 11.5 Å². The van der Waals surface area contributed by atoms with Gasteiger partial charge in [-0.25, -0.2) is 9.59 Å². The van der Waals surface area contributed by atoms with Gasteiger partial charge in [0.1, 0.15) is 11.5 Å². The molecule has 2 aromatic carbocycles. The number of para-hydroxylation sites is 2. The van der Waals surface area contributed by atoms with Crippen molar-refractivity contribution in [2.24, 2.45) is 0 Å². The molecule has 0 aliphatic carbocycles. The molecular formula is C16H12Br2O6. The molecule has 6 nitrogen and oxygen atoms in total. The molecule has 2 rings (SSSR count). The second-order valence-electron chi connectivity index (χ2n) is 4.59. The van der Waals surface area contributed by atoms with E-state index in [1.165, 1.54) is 12.1 Å². The molecule has 0 saturated heterocycles. The zero-order chi connectivity index (χ0) is 17.7. The third-order valence-electron chi connectivity index (χ3n) is 2.88. The second kappa shape index (κ2) is 8.39. The highest BCUT2D eigenvalue weighted by molar-refractivity contribution is 9.10. The van der Waals surface area contributed by atoms with E-state index < -0.39 is 24.1 Å². The highest BCUT2D eigenvalue weighted by Crippen LogP contribution is 2.25. The van der Waals surface area contributed by atoms with E-state index in [1.54, 1.807) is 36.4 Å². The Kier molecular flexibility index (Phi) is 6.50. The Hall–Kier alpha value is -1.74. The summed E-state index contributed by atoms with van der Waals surface area (Å²) in [6.45, 7) is 0. The first-order chi connectivity index (χ1) is 11.4. The Bertz CT molecular complexity index is 685. The fourth-order valence-electron chi connectivity index (χ4n) is 1.65. The molecule has 126 valence electrons. The van der Waals surface area contributed by atoms with Gasteiger partial charge in [0, 0.05) is 0 Å². The summed E-state index contributed by atoms with van der Waals surface area (Å²) in [4.78, 5) is 23.7. The fraction of sp³-hybridized carbons (Fsp3) is 0.125. The highest BCUT2D eigenvalue weighted by Gasteiger charge is 2.34. The van der Waals surface area contributed by atoms with Crippen LogP contribution in [0.3, 0.4) is 0 Å². The standard InChI is InChI=1S/C16H12Br2O6/c17-9-5-1-3-7-11(9)23-15(21)13(19)14(20)16(22)24-12-8-4-2-6-10(12)18/h1-8,13-14,19-20H/t13-,14-/m1/s1. The van der Waals surface area contributed by atoms with Crippen LogP contribution in [0.4, 0.5) is 0 Å². The van der Waals surface area contributed by atoms with Crippen molar-refractivity contribution >= 4 is 43.8 Å². The Balaban J connectivity index is 2.01. The predicted molar refractivity (Wildman–Crippen MR) is 91.6 cm³/mol. The minimum absolute atomic E-state index is 0.146. The van der Waals surface area contributed by atoms with Crippen molar-refractivity contribution in [1.29, 1.82) is 0 Å². The van der Waals surface area contributed by atoms with Crippen molar-refractivity contribution in [3.8, 4) is 11.5 Å². The Labute approximate surface area is 154 Å². The van der Waals surface area contributed by atoms with Gasteiger partial charge in [-0.15, -0.1) is 0 Å². The van der Waals surface area contributed by atoms with Gasteiger partial charge in [-0.3, -0.25) is 0 Å². The van der Waals surface area contributed by atoms with E-state index in [4.69, 9.17) is 9.47 Å². The van der Waals surface area contributed by atoms with Crippen LogP contribution in [0, 0.1) is 0 Å². The van der Waals surface area contributed by atoms with Gasteiger partial charge in [-0.2, -0.15) is 0 Å². The summed E-state index contributed by atoms with van der Waals surface area (Å²) in [5, 5.41) is 19.6. The summed E-state index contributed by atoms with van der Waals surface area (Å²) < 4.78 is 10.8. The Morgan fingerprint density at radius 2 is 1.08 bits per heavy atom. The third-order valence-corrected chi connectivity index (χ3v) is 4.19. The number of rotatable bonds is 5. The number of halogens is 2. The molecule has 0 radical (unpaired) electrons. The van der Waals surface area contributed by atoms with E-state index in [9.17, 15) is 19.8 Å². The van der Waals surface area contributed by atoms with Crippen molar-refractivity contribution < 1.29 is 29.3 Å². The molecule has 2 N–H and O–H groups in total. The highest BCUT2D eigenvalue weighted by atomic mass is 79.9. The fourth-order valence-corrected chi connectivity index (χ4v) is 2.38. The number of hydrogen-bond acceptors (Lipinski definition) is 6. The first-order valence-electron chi connectivity index (χ1n) is 6.68. The van der Waals surface area contributed by atoms with Crippen molar-refractivity contribution in [2.75, 3.05) is 0 Å². The maximum atomic E-state index is 11.9. The van der Waals surface area contributed by atoms with Gasteiger partial charge in [0.2, 0.25) is 0 Å². The molecule has 24 heavy (non-hydrogen) atoms. The number of hydrogen-bond donors (Lipinski definition) is 2. The van der Waals surface area contributed by atoms with Crippen molar-refractivity contribution in [2.45, 2.75) is 12.2 Å². The van der Waals surface area contributed by atoms with Crippen LogP contribution in [0.25, 0.3) is 0 Å². The van der Waals surface area contributed by atoms with Crippen LogP contribution in [0.1, 0.15) is 0 Å². The smallest absolute Gasteiger partial charge is 0.343 e. The molecule has 0 aromatic heterocycles. The number of carbonyl (C=O) groups is 2. The van der Waals surface area contributed by atoms with E-state index in [1.807, 2.05) is 0 Å². The molecule has 0 fully saturated rings. The van der Waals surface area contributed by atoms with E-state index in [0.717, 1.165) is 0 Å². The van der Waals surface area contributed by atoms with Crippen molar-refractivity contribution in [1.82, 2.24) is 0 Å². The quantitative estimate of drug-likeness (QED) is 0.527. The van der Waals surface area contributed by atoms with Crippen LogP contribution < -0.4 is 9.47 Å². The zero-order valence-electron chi connectivity index (χ0n) is 12.1. The predicted octanol–water partition coefficient (Wildman–Crippen LogP) is 2.44. The molecule has 0 spiro atoms. The van der Waals surface area contributed by atoms with E-state index >= 15 is 0 Å². The van der Waals surface area contributed by atoms with Crippen LogP contribution in [0.15, 0.2) is 57.5 Å². The largest absolute Gasteiger partial charge is 0.423 e. The van der Waals surface area contributed by atoms with Crippen LogP contribution in [0.2, 0.25) is 0 Å². The number of benzene rings is 2. The van der Waals surface area contributed by atoms with Crippen LogP contribution in [-0.4, -0.2) is 34.4 Å². The third kappa shape index (κ3) is 4.64. The summed E-state index contributed by atoms with van der Waals surface area (Å²) in [7, 11) is 0. The molecule has 0 heterocycles. The van der Waals surface area contributed by atoms with Crippen LogP contribution in [0.5, 0.6) is 11.5 Å². The lowest BCUT2D eigenvalue weighted by Gasteiger charge is -2.16. The maximum absolute atomic E-state index is 11.9. The lowest BCUT2D eigenvalue weighted by atomic mass is 10.2. The molecule has 0 unspecified atom stereocenters. The van der Waals surface area contributed by atoms with Gasteiger partial charge in [0.25, 0.3) is 0 Å². The SMILES string of the molecule is O=C(Oc1ccccc1Br)[C@H](O)[C@@H](O)C(=O)Oc1ccccc1Br. The first kappa shape index (κ1) is 18.6. The molecule has 2 aromatic rings. The number of aliphatic hydroxyl groups is 2. The zero-order valence-corrected chi connectivity index (χ0v) is 15.2. The van der Waals surface area contributed by atoms with Crippen molar-refractivity contribution in [3.05, 3.63) is 57.5 Å². The molecule has 0 aliphatic heterocycles. The van der Waals surface area contributed by atoms with Gasteiger partial charge in [0.05, 0.1) is 8.95 Å². The molecule has 0 bridgehead atoms. The van der Waals surface area contributed by atoms with E-state index in [2.05, 4.69) is 31.9 Å². The lowest BCUT2D eigenvalue weighted by Crippen LogP contribution is -2.43. The number of aliphatic hydroxyl groups excluding tert-OH is 2. The van der Waals surface area contributed by atoms with Gasteiger partial charge in [-0.1, -0.05) is 24.3 Å². The van der Waals surface area contributed by atoms with Gasteiger partial charge < -0.3 is 19.7 Å². The summed E-state index contributed by atoms with van der Waals surface area (Å²) in [6.07, 6.45) is -4.18. The summed E-state index contributed by atoms with van der Waals surface area (Å²) in [5.41, 5.74) is 0. The molecular weight excluding hydrogens is 448 g/mol. The van der Waals surface area contributed by atoms with E-state index in [0.29, 0.717) is 8.95 Å². The first-order valence-corrected chi connectivity index (χ1v) is 8.27.